The molecule has 2 rings (SSSR count). The van der Waals surface area contributed by atoms with E-state index in [1.807, 2.05) is 0 Å². The van der Waals surface area contributed by atoms with Crippen molar-refractivity contribution in [1.82, 2.24) is 0 Å². The van der Waals surface area contributed by atoms with E-state index in [4.69, 9.17) is 0 Å². The molecule has 0 aromatic heterocycles. The molecule has 0 bridgehead atoms. The van der Waals surface area contributed by atoms with Crippen molar-refractivity contribution in [2.45, 2.75) is 18.3 Å². The van der Waals surface area contributed by atoms with Crippen molar-refractivity contribution in [2.24, 2.45) is 0 Å². The lowest BCUT2D eigenvalue weighted by Crippen LogP contribution is -3.15. The summed E-state index contributed by atoms with van der Waals surface area (Å²) >= 11 is 0. The summed E-state index contributed by atoms with van der Waals surface area (Å²) in [5.41, 5.74) is -1.71. The molecule has 1 aromatic rings. The van der Waals surface area contributed by atoms with Gasteiger partial charge in [0.25, 0.3) is 0 Å². The molecule has 1 aromatic carbocycles. The SMILES string of the molecule is O=C(CC1(C(F)(F)F)[NH2+]CC[NH2+]1)c1ccccc1. The maximum atomic E-state index is 13.1. The molecule has 1 saturated heterocycles. The lowest BCUT2D eigenvalue weighted by Gasteiger charge is -2.24. The monoisotopic (exact) mass is 260 g/mol. The van der Waals surface area contributed by atoms with Gasteiger partial charge >= 0.3 is 11.8 Å². The molecule has 1 fully saturated rings. The molecule has 0 saturated carbocycles. The van der Waals surface area contributed by atoms with E-state index in [2.05, 4.69) is 0 Å². The highest BCUT2D eigenvalue weighted by Gasteiger charge is 2.65. The van der Waals surface area contributed by atoms with Gasteiger partial charge in [0.05, 0.1) is 0 Å². The van der Waals surface area contributed by atoms with E-state index in [9.17, 15) is 18.0 Å². The molecule has 4 N–H and O–H groups in total. The summed E-state index contributed by atoms with van der Waals surface area (Å²) in [5.74, 6) is -0.470. The molecule has 0 atom stereocenters. The highest BCUT2D eigenvalue weighted by Crippen LogP contribution is 2.26. The first-order chi connectivity index (χ1) is 8.45. The minimum Gasteiger partial charge on any atom is -0.294 e. The minimum absolute atomic E-state index is 0.329. The van der Waals surface area contributed by atoms with Gasteiger partial charge in [0, 0.05) is 5.56 Å². The van der Waals surface area contributed by atoms with Gasteiger partial charge in [-0.3, -0.25) is 15.4 Å². The van der Waals surface area contributed by atoms with Gasteiger partial charge in [0.2, 0.25) is 0 Å². The van der Waals surface area contributed by atoms with Gasteiger partial charge in [0.15, 0.2) is 5.78 Å². The van der Waals surface area contributed by atoms with Crippen molar-refractivity contribution in [1.29, 1.82) is 0 Å². The topological polar surface area (TPSA) is 50.3 Å². The number of carbonyl (C=O) groups is 1. The highest BCUT2D eigenvalue weighted by atomic mass is 19.4. The van der Waals surface area contributed by atoms with Crippen molar-refractivity contribution in [3.63, 3.8) is 0 Å². The quantitative estimate of drug-likeness (QED) is 0.718. The van der Waals surface area contributed by atoms with Crippen molar-refractivity contribution in [2.75, 3.05) is 13.1 Å². The number of halogens is 3. The van der Waals surface area contributed by atoms with E-state index >= 15 is 0 Å². The summed E-state index contributed by atoms with van der Waals surface area (Å²) in [4.78, 5) is 11.9. The summed E-state index contributed by atoms with van der Waals surface area (Å²) in [7, 11) is 0. The van der Waals surface area contributed by atoms with E-state index in [1.54, 1.807) is 30.3 Å². The van der Waals surface area contributed by atoms with Crippen LogP contribution in [-0.4, -0.2) is 30.7 Å². The Morgan fingerprint density at radius 2 is 1.72 bits per heavy atom. The average Bonchev–Trinajstić information content (AvgIpc) is 2.79. The number of hydrogen-bond donors (Lipinski definition) is 2. The second-order valence-corrected chi connectivity index (χ2v) is 4.49. The fraction of sp³-hybridized carbons (Fsp3) is 0.417. The van der Waals surface area contributed by atoms with Gasteiger partial charge in [-0.05, 0) is 0 Å². The fourth-order valence-corrected chi connectivity index (χ4v) is 2.23. The lowest BCUT2D eigenvalue weighted by molar-refractivity contribution is -0.911. The Morgan fingerprint density at radius 1 is 1.17 bits per heavy atom. The number of alkyl halides is 3. The Morgan fingerprint density at radius 3 is 2.22 bits per heavy atom. The van der Waals surface area contributed by atoms with E-state index in [0.29, 0.717) is 18.7 Å². The molecule has 1 aliphatic rings. The van der Waals surface area contributed by atoms with E-state index < -0.39 is 24.0 Å². The first kappa shape index (κ1) is 13.0. The van der Waals surface area contributed by atoms with Gasteiger partial charge in [-0.2, -0.15) is 13.2 Å². The van der Waals surface area contributed by atoms with Crippen LogP contribution in [0.25, 0.3) is 0 Å². The Bertz CT molecular complexity index is 425. The molecular weight excluding hydrogens is 245 g/mol. The van der Waals surface area contributed by atoms with Gasteiger partial charge in [-0.15, -0.1) is 0 Å². The van der Waals surface area contributed by atoms with E-state index in [-0.39, 0.29) is 0 Å². The summed E-state index contributed by atoms with van der Waals surface area (Å²) in [6.45, 7) is 0.753. The largest absolute Gasteiger partial charge is 0.503 e. The number of nitrogens with two attached hydrogens (primary N) is 2. The van der Waals surface area contributed by atoms with Crippen molar-refractivity contribution in [3.8, 4) is 0 Å². The van der Waals surface area contributed by atoms with Crippen LogP contribution in [0.4, 0.5) is 13.2 Å². The number of hydrogen-bond acceptors (Lipinski definition) is 1. The smallest absolute Gasteiger partial charge is 0.294 e. The van der Waals surface area contributed by atoms with Gasteiger partial charge in [-0.1, -0.05) is 30.3 Å². The summed E-state index contributed by atoms with van der Waals surface area (Å²) in [6.07, 6.45) is -4.92. The lowest BCUT2D eigenvalue weighted by atomic mass is 9.98. The average molecular weight is 260 g/mol. The van der Waals surface area contributed by atoms with Crippen LogP contribution in [0, 0.1) is 0 Å². The number of Topliss-reactive ketones (excluding diaryl/α,β-unsaturated/α-hetero) is 1. The maximum Gasteiger partial charge on any atom is 0.503 e. The summed E-state index contributed by atoms with van der Waals surface area (Å²) in [6, 6.07) is 8.11. The maximum absolute atomic E-state index is 13.1. The van der Waals surface area contributed by atoms with Crippen LogP contribution < -0.4 is 10.6 Å². The number of ketones is 1. The zero-order valence-electron chi connectivity index (χ0n) is 9.70. The standard InChI is InChI=1S/C12H13F3N2O/c13-12(14,15)11(16-6-7-17-11)8-10(18)9-4-2-1-3-5-9/h1-5,16-17H,6-8H2/p+2. The normalized spacial score (nSPS) is 18.8. The zero-order valence-corrected chi connectivity index (χ0v) is 9.70. The van der Waals surface area contributed by atoms with Crippen LogP contribution in [-0.2, 0) is 0 Å². The van der Waals surface area contributed by atoms with Gasteiger partial charge < -0.3 is 0 Å². The van der Waals surface area contributed by atoms with Gasteiger partial charge in [-0.25, -0.2) is 0 Å². The molecule has 0 unspecified atom stereocenters. The zero-order chi connectivity index (χ0) is 13.2. The Balaban J connectivity index is 2.18. The van der Waals surface area contributed by atoms with Crippen LogP contribution in [0.1, 0.15) is 16.8 Å². The predicted molar refractivity (Wildman–Crippen MR) is 57.8 cm³/mol. The first-order valence-electron chi connectivity index (χ1n) is 5.78. The van der Waals surface area contributed by atoms with Crippen LogP contribution in [0.3, 0.4) is 0 Å². The second-order valence-electron chi connectivity index (χ2n) is 4.49. The molecule has 18 heavy (non-hydrogen) atoms. The molecular formula is C12H15F3N2O+2. The Hall–Kier alpha value is -1.40. The number of rotatable bonds is 3. The van der Waals surface area contributed by atoms with Crippen LogP contribution >= 0.6 is 0 Å². The molecule has 98 valence electrons. The van der Waals surface area contributed by atoms with Crippen LogP contribution in [0.5, 0.6) is 0 Å². The number of quaternary nitrogens is 2. The van der Waals surface area contributed by atoms with Crippen LogP contribution in [0.15, 0.2) is 30.3 Å². The summed E-state index contributed by atoms with van der Waals surface area (Å²) in [5, 5.41) is 2.43. The fourth-order valence-electron chi connectivity index (χ4n) is 2.23. The third-order valence-electron chi connectivity index (χ3n) is 3.26. The third-order valence-corrected chi connectivity index (χ3v) is 3.26. The molecule has 3 nitrogen and oxygen atoms in total. The number of benzene rings is 1. The molecule has 6 heteroatoms. The molecule has 0 radical (unpaired) electrons. The minimum atomic E-state index is -4.39. The van der Waals surface area contributed by atoms with E-state index in [0.717, 1.165) is 0 Å². The molecule has 0 amide bonds. The highest BCUT2D eigenvalue weighted by molar-refractivity contribution is 5.96. The molecule has 0 spiro atoms. The Kier molecular flexibility index (Phi) is 3.41. The summed E-state index contributed by atoms with van der Waals surface area (Å²) < 4.78 is 39.2. The van der Waals surface area contributed by atoms with Gasteiger partial charge in [0.1, 0.15) is 19.5 Å². The van der Waals surface area contributed by atoms with Crippen molar-refractivity contribution < 1.29 is 28.6 Å². The second kappa shape index (κ2) is 4.70. The number of carbonyl (C=O) groups excluding carboxylic acids is 1. The molecule has 1 heterocycles. The molecule has 1 aliphatic heterocycles. The predicted octanol–water partition coefficient (Wildman–Crippen LogP) is -0.342. The third kappa shape index (κ3) is 2.39. The molecule has 0 aliphatic carbocycles. The van der Waals surface area contributed by atoms with Crippen molar-refractivity contribution >= 4 is 5.78 Å². The van der Waals surface area contributed by atoms with Crippen LogP contribution in [0.2, 0.25) is 0 Å². The van der Waals surface area contributed by atoms with E-state index in [1.165, 1.54) is 10.6 Å². The first-order valence-corrected chi connectivity index (χ1v) is 5.78. The van der Waals surface area contributed by atoms with Crippen molar-refractivity contribution in [3.05, 3.63) is 35.9 Å². The Labute approximate surface area is 102 Å².